The Morgan fingerprint density at radius 1 is 0.886 bits per heavy atom. The van der Waals surface area contributed by atoms with E-state index in [1.807, 2.05) is 5.38 Å². The summed E-state index contributed by atoms with van der Waals surface area (Å²) in [6, 6.07) is 22.0. The smallest absolute Gasteiger partial charge is 0.339 e. The third-order valence-corrected chi connectivity index (χ3v) is 7.25. The summed E-state index contributed by atoms with van der Waals surface area (Å²) in [6.07, 6.45) is 0. The van der Waals surface area contributed by atoms with Gasteiger partial charge in [-0.1, -0.05) is 30.3 Å². The van der Waals surface area contributed by atoms with Crippen LogP contribution in [0.1, 0.15) is 20.8 Å². The molecule has 0 aliphatic carbocycles. The average Bonchev–Trinajstić information content (AvgIpc) is 3.40. The summed E-state index contributed by atoms with van der Waals surface area (Å²) in [5.41, 5.74) is 1.45. The maximum atomic E-state index is 13.3. The monoisotopic (exact) mass is 511 g/mol. The minimum atomic E-state index is -4.06. The Balaban J connectivity index is 1.55. The minimum Gasteiger partial charge on any atom is -0.497 e. The van der Waals surface area contributed by atoms with Gasteiger partial charge >= 0.3 is 10.1 Å². The second-order valence-corrected chi connectivity index (χ2v) is 10.1. The standard InChI is InChI=1S/C26H22FNO5S2/c1-32-22-11-13-24(14-12-22)35(30,31)33-23-5-2-4-20(16-23)18-28(26(29)25-6-3-15-34-25)17-19-7-9-21(27)10-8-19/h2-16H,17-18H2,1H3. The fraction of sp³-hybridized carbons (Fsp3) is 0.115. The van der Waals surface area contributed by atoms with E-state index in [0.717, 1.165) is 5.56 Å². The lowest BCUT2D eigenvalue weighted by Crippen LogP contribution is -2.29. The summed E-state index contributed by atoms with van der Waals surface area (Å²) in [5, 5.41) is 1.82. The molecule has 0 atom stereocenters. The molecular weight excluding hydrogens is 489 g/mol. The van der Waals surface area contributed by atoms with Gasteiger partial charge < -0.3 is 13.8 Å². The van der Waals surface area contributed by atoms with Crippen LogP contribution in [0.3, 0.4) is 0 Å². The Morgan fingerprint density at radius 3 is 2.26 bits per heavy atom. The summed E-state index contributed by atoms with van der Waals surface area (Å²) < 4.78 is 49.2. The largest absolute Gasteiger partial charge is 0.497 e. The van der Waals surface area contributed by atoms with Crippen LogP contribution in [-0.2, 0) is 23.2 Å². The van der Waals surface area contributed by atoms with Crippen molar-refractivity contribution in [2.75, 3.05) is 7.11 Å². The van der Waals surface area contributed by atoms with Crippen LogP contribution in [-0.4, -0.2) is 26.3 Å². The molecule has 6 nitrogen and oxygen atoms in total. The number of halogens is 1. The number of nitrogens with zero attached hydrogens (tertiary/aromatic N) is 1. The van der Waals surface area contributed by atoms with E-state index in [1.54, 1.807) is 47.4 Å². The lowest BCUT2D eigenvalue weighted by Gasteiger charge is -2.23. The van der Waals surface area contributed by atoms with E-state index < -0.39 is 10.1 Å². The number of carbonyl (C=O) groups is 1. The molecule has 0 bridgehead atoms. The van der Waals surface area contributed by atoms with Crippen LogP contribution < -0.4 is 8.92 Å². The molecule has 0 spiro atoms. The third kappa shape index (κ3) is 6.26. The SMILES string of the molecule is COc1ccc(S(=O)(=O)Oc2cccc(CN(Cc3ccc(F)cc3)C(=O)c3cccs3)c2)cc1. The molecule has 0 unspecified atom stereocenters. The molecule has 1 amide bonds. The molecule has 35 heavy (non-hydrogen) atoms. The number of hydrogen-bond acceptors (Lipinski definition) is 6. The highest BCUT2D eigenvalue weighted by Gasteiger charge is 2.20. The number of rotatable bonds is 9. The number of carbonyl (C=O) groups excluding carboxylic acids is 1. The molecule has 0 saturated carbocycles. The van der Waals surface area contributed by atoms with Gasteiger partial charge in [0.1, 0.15) is 22.2 Å². The second kappa shape index (κ2) is 10.7. The van der Waals surface area contributed by atoms with Crippen LogP contribution in [0.2, 0.25) is 0 Å². The fourth-order valence-corrected chi connectivity index (χ4v) is 5.01. The molecule has 0 saturated heterocycles. The first-order chi connectivity index (χ1) is 16.8. The fourth-order valence-electron chi connectivity index (χ4n) is 3.40. The van der Waals surface area contributed by atoms with Crippen molar-refractivity contribution in [3.63, 3.8) is 0 Å². The summed E-state index contributed by atoms with van der Waals surface area (Å²) >= 11 is 1.33. The van der Waals surface area contributed by atoms with Gasteiger partial charge in [0.2, 0.25) is 0 Å². The molecule has 3 aromatic carbocycles. The van der Waals surface area contributed by atoms with Crippen LogP contribution >= 0.6 is 11.3 Å². The van der Waals surface area contributed by atoms with Crippen molar-refractivity contribution in [1.82, 2.24) is 4.90 Å². The van der Waals surface area contributed by atoms with Gasteiger partial charge in [0.05, 0.1) is 12.0 Å². The number of methoxy groups -OCH3 is 1. The molecule has 0 fully saturated rings. The van der Waals surface area contributed by atoms with Gasteiger partial charge in [-0.2, -0.15) is 8.42 Å². The molecular formula is C26H22FNO5S2. The number of hydrogen-bond donors (Lipinski definition) is 0. The molecule has 4 rings (SSSR count). The molecule has 0 aliphatic heterocycles. The highest BCUT2D eigenvalue weighted by Crippen LogP contribution is 2.24. The van der Waals surface area contributed by atoms with Gasteiger partial charge in [-0.15, -0.1) is 11.3 Å². The molecule has 180 valence electrons. The summed E-state index contributed by atoms with van der Waals surface area (Å²) in [5.74, 6) is 0.125. The topological polar surface area (TPSA) is 72.9 Å². The van der Waals surface area contributed by atoms with Crippen LogP contribution in [0.15, 0.2) is 95.2 Å². The van der Waals surface area contributed by atoms with E-state index >= 15 is 0 Å². The predicted molar refractivity (Wildman–Crippen MR) is 132 cm³/mol. The normalized spacial score (nSPS) is 11.1. The van der Waals surface area contributed by atoms with Crippen molar-refractivity contribution in [3.05, 3.63) is 112 Å². The third-order valence-electron chi connectivity index (χ3n) is 5.13. The van der Waals surface area contributed by atoms with Crippen LogP contribution in [0.25, 0.3) is 0 Å². The Labute approximate surface area is 207 Å². The van der Waals surface area contributed by atoms with E-state index in [9.17, 15) is 17.6 Å². The number of amides is 1. The molecule has 0 radical (unpaired) electrons. The summed E-state index contributed by atoms with van der Waals surface area (Å²) in [4.78, 5) is 15.3. The van der Waals surface area contributed by atoms with Gasteiger partial charge in [-0.3, -0.25) is 4.79 Å². The van der Waals surface area contributed by atoms with Gasteiger partial charge in [-0.25, -0.2) is 4.39 Å². The first-order valence-electron chi connectivity index (χ1n) is 10.6. The van der Waals surface area contributed by atoms with Crippen LogP contribution in [0.4, 0.5) is 4.39 Å². The first-order valence-corrected chi connectivity index (χ1v) is 12.9. The van der Waals surface area contributed by atoms with Crippen molar-refractivity contribution < 1.29 is 26.5 Å². The van der Waals surface area contributed by atoms with Crippen molar-refractivity contribution >= 4 is 27.4 Å². The minimum absolute atomic E-state index is 0.00508. The van der Waals surface area contributed by atoms with Gasteiger partial charge in [0, 0.05) is 13.1 Å². The van der Waals surface area contributed by atoms with E-state index in [0.29, 0.717) is 16.2 Å². The predicted octanol–water partition coefficient (Wildman–Crippen LogP) is 5.51. The van der Waals surface area contributed by atoms with E-state index in [2.05, 4.69) is 0 Å². The van der Waals surface area contributed by atoms with Gasteiger partial charge in [0.15, 0.2) is 0 Å². The summed E-state index contributed by atoms with van der Waals surface area (Å²) in [6.45, 7) is 0.458. The zero-order chi connectivity index (χ0) is 24.8. The lowest BCUT2D eigenvalue weighted by molar-refractivity contribution is 0.0735. The van der Waals surface area contributed by atoms with Crippen LogP contribution in [0, 0.1) is 5.82 Å². The molecule has 1 aromatic heterocycles. The van der Waals surface area contributed by atoms with Crippen molar-refractivity contribution in [2.24, 2.45) is 0 Å². The van der Waals surface area contributed by atoms with Crippen molar-refractivity contribution in [3.8, 4) is 11.5 Å². The van der Waals surface area contributed by atoms with E-state index in [-0.39, 0.29) is 35.5 Å². The highest BCUT2D eigenvalue weighted by molar-refractivity contribution is 7.87. The average molecular weight is 512 g/mol. The molecule has 9 heteroatoms. The van der Waals surface area contributed by atoms with Crippen molar-refractivity contribution in [1.29, 1.82) is 0 Å². The van der Waals surface area contributed by atoms with E-state index in [1.165, 1.54) is 60.9 Å². The molecule has 4 aromatic rings. The highest BCUT2D eigenvalue weighted by atomic mass is 32.2. The zero-order valence-corrected chi connectivity index (χ0v) is 20.4. The Hall–Kier alpha value is -3.69. The maximum absolute atomic E-state index is 13.3. The lowest BCUT2D eigenvalue weighted by atomic mass is 10.1. The number of benzene rings is 3. The number of ether oxygens (including phenoxy) is 1. The zero-order valence-electron chi connectivity index (χ0n) is 18.8. The Bertz CT molecular complexity index is 1390. The van der Waals surface area contributed by atoms with Crippen molar-refractivity contribution in [2.45, 2.75) is 18.0 Å². The summed E-state index contributed by atoms with van der Waals surface area (Å²) in [7, 11) is -2.56. The first kappa shape index (κ1) is 24.4. The van der Waals surface area contributed by atoms with Gasteiger partial charge in [-0.05, 0) is 71.1 Å². The maximum Gasteiger partial charge on any atom is 0.339 e. The Kier molecular flexibility index (Phi) is 7.48. The van der Waals surface area contributed by atoms with Crippen LogP contribution in [0.5, 0.6) is 11.5 Å². The number of thiophene rings is 1. The quantitative estimate of drug-likeness (QED) is 0.277. The molecule has 1 heterocycles. The molecule has 0 aliphatic rings. The second-order valence-electron chi connectivity index (χ2n) is 7.63. The van der Waals surface area contributed by atoms with E-state index in [4.69, 9.17) is 8.92 Å². The van der Waals surface area contributed by atoms with Gasteiger partial charge in [0.25, 0.3) is 5.91 Å². The Morgan fingerprint density at radius 2 is 1.60 bits per heavy atom. The molecule has 0 N–H and O–H groups in total.